The standard InChI is InChI=1S/C17H18O3/c1-10-8-11-6-7-17(14(9-10)15(11)18)13-5-3-2-4-12(13)16(19)20-17/h2-5,10-11,14H,6-9H2,1H3. The van der Waals surface area contributed by atoms with Gasteiger partial charge < -0.3 is 4.74 Å². The second-order valence-corrected chi connectivity index (χ2v) is 6.59. The van der Waals surface area contributed by atoms with E-state index in [0.29, 0.717) is 17.3 Å². The predicted molar refractivity (Wildman–Crippen MR) is 73.2 cm³/mol. The molecule has 4 unspecified atom stereocenters. The van der Waals surface area contributed by atoms with Gasteiger partial charge in [0.15, 0.2) is 0 Å². The molecular weight excluding hydrogens is 252 g/mol. The van der Waals surface area contributed by atoms with Gasteiger partial charge in [0, 0.05) is 11.5 Å². The van der Waals surface area contributed by atoms with Crippen molar-refractivity contribution in [2.45, 2.75) is 38.2 Å². The largest absolute Gasteiger partial charge is 0.450 e. The van der Waals surface area contributed by atoms with Gasteiger partial charge in [-0.2, -0.15) is 0 Å². The quantitative estimate of drug-likeness (QED) is 0.680. The average Bonchev–Trinajstić information content (AvgIpc) is 2.72. The maximum atomic E-state index is 12.6. The normalized spacial score (nSPS) is 38.8. The Balaban J connectivity index is 1.86. The molecule has 1 aromatic carbocycles. The summed E-state index contributed by atoms with van der Waals surface area (Å²) in [6.45, 7) is 2.20. The number of ketones is 1. The molecule has 2 saturated carbocycles. The first-order chi connectivity index (χ1) is 9.62. The number of esters is 1. The molecule has 2 bridgehead atoms. The highest BCUT2D eigenvalue weighted by atomic mass is 16.6. The van der Waals surface area contributed by atoms with Gasteiger partial charge in [0.2, 0.25) is 0 Å². The Bertz CT molecular complexity index is 606. The van der Waals surface area contributed by atoms with E-state index in [-0.39, 0.29) is 17.8 Å². The molecular formula is C17H18O3. The van der Waals surface area contributed by atoms with E-state index in [1.54, 1.807) is 0 Å². The first kappa shape index (κ1) is 12.1. The molecule has 2 fully saturated rings. The highest BCUT2D eigenvalue weighted by Gasteiger charge is 2.58. The Labute approximate surface area is 118 Å². The topological polar surface area (TPSA) is 43.4 Å². The maximum absolute atomic E-state index is 12.6. The molecule has 104 valence electrons. The summed E-state index contributed by atoms with van der Waals surface area (Å²) < 4.78 is 5.80. The Morgan fingerprint density at radius 3 is 2.85 bits per heavy atom. The fourth-order valence-electron chi connectivity index (χ4n) is 4.49. The lowest BCUT2D eigenvalue weighted by Crippen LogP contribution is -2.50. The smallest absolute Gasteiger partial charge is 0.339 e. The van der Waals surface area contributed by atoms with Crippen LogP contribution in [0, 0.1) is 17.8 Å². The van der Waals surface area contributed by atoms with Crippen LogP contribution >= 0.6 is 0 Å². The molecule has 3 aliphatic rings. The van der Waals surface area contributed by atoms with Crippen LogP contribution in [0.2, 0.25) is 0 Å². The summed E-state index contributed by atoms with van der Waals surface area (Å²) in [5, 5.41) is 0. The van der Waals surface area contributed by atoms with Gasteiger partial charge >= 0.3 is 5.97 Å². The van der Waals surface area contributed by atoms with Crippen LogP contribution < -0.4 is 0 Å². The van der Waals surface area contributed by atoms with Crippen LogP contribution in [0.4, 0.5) is 0 Å². The lowest BCUT2D eigenvalue weighted by atomic mass is 9.59. The zero-order valence-corrected chi connectivity index (χ0v) is 11.6. The van der Waals surface area contributed by atoms with Crippen LogP contribution in [0.3, 0.4) is 0 Å². The van der Waals surface area contributed by atoms with Crippen molar-refractivity contribution in [1.29, 1.82) is 0 Å². The molecule has 3 nitrogen and oxygen atoms in total. The summed E-state index contributed by atoms with van der Waals surface area (Å²) in [4.78, 5) is 24.8. The highest BCUT2D eigenvalue weighted by molar-refractivity contribution is 5.97. The van der Waals surface area contributed by atoms with Crippen molar-refractivity contribution in [3.05, 3.63) is 35.4 Å². The molecule has 0 amide bonds. The number of hydrogen-bond donors (Lipinski definition) is 0. The fraction of sp³-hybridized carbons (Fsp3) is 0.529. The Hall–Kier alpha value is -1.64. The number of carbonyl (C=O) groups is 2. The zero-order valence-electron chi connectivity index (χ0n) is 11.6. The molecule has 0 N–H and O–H groups in total. The zero-order chi connectivity index (χ0) is 13.9. The van der Waals surface area contributed by atoms with E-state index in [9.17, 15) is 9.59 Å². The van der Waals surface area contributed by atoms with E-state index in [1.807, 2.05) is 24.3 Å². The molecule has 4 atom stereocenters. The molecule has 1 aliphatic heterocycles. The van der Waals surface area contributed by atoms with E-state index in [2.05, 4.69) is 6.92 Å². The van der Waals surface area contributed by atoms with E-state index in [0.717, 1.165) is 31.2 Å². The van der Waals surface area contributed by atoms with Gasteiger partial charge in [0.1, 0.15) is 11.4 Å². The van der Waals surface area contributed by atoms with Crippen LogP contribution in [-0.4, -0.2) is 11.8 Å². The number of carbonyl (C=O) groups excluding carboxylic acids is 2. The minimum absolute atomic E-state index is 0.141. The van der Waals surface area contributed by atoms with E-state index < -0.39 is 5.60 Å². The average molecular weight is 270 g/mol. The Morgan fingerprint density at radius 1 is 1.20 bits per heavy atom. The number of rotatable bonds is 0. The maximum Gasteiger partial charge on any atom is 0.339 e. The van der Waals surface area contributed by atoms with Gasteiger partial charge in [-0.1, -0.05) is 25.1 Å². The van der Waals surface area contributed by atoms with Gasteiger partial charge in [0.25, 0.3) is 0 Å². The van der Waals surface area contributed by atoms with Crippen molar-refractivity contribution in [3.8, 4) is 0 Å². The summed E-state index contributed by atoms with van der Waals surface area (Å²) >= 11 is 0. The summed E-state index contributed by atoms with van der Waals surface area (Å²) in [5.74, 6) is 0.633. The third kappa shape index (κ3) is 1.41. The minimum atomic E-state index is -0.671. The molecule has 1 aromatic rings. The van der Waals surface area contributed by atoms with Crippen molar-refractivity contribution in [2.24, 2.45) is 17.8 Å². The van der Waals surface area contributed by atoms with Crippen molar-refractivity contribution >= 4 is 11.8 Å². The minimum Gasteiger partial charge on any atom is -0.450 e. The van der Waals surface area contributed by atoms with Gasteiger partial charge in [-0.25, -0.2) is 4.79 Å². The third-order valence-corrected chi connectivity index (χ3v) is 5.38. The third-order valence-electron chi connectivity index (χ3n) is 5.38. The molecule has 0 radical (unpaired) electrons. The van der Waals surface area contributed by atoms with Gasteiger partial charge in [-0.15, -0.1) is 0 Å². The van der Waals surface area contributed by atoms with Crippen molar-refractivity contribution in [2.75, 3.05) is 0 Å². The second kappa shape index (κ2) is 3.94. The van der Waals surface area contributed by atoms with Crippen LogP contribution in [0.25, 0.3) is 0 Å². The van der Waals surface area contributed by atoms with E-state index in [1.165, 1.54) is 0 Å². The first-order valence-electron chi connectivity index (χ1n) is 7.48. The van der Waals surface area contributed by atoms with E-state index >= 15 is 0 Å². The van der Waals surface area contributed by atoms with Crippen LogP contribution in [0.5, 0.6) is 0 Å². The molecule has 4 rings (SSSR count). The number of Topliss-reactive ketones (excluding diaryl/α,β-unsaturated/α-hetero) is 1. The Kier molecular flexibility index (Phi) is 2.39. The summed E-state index contributed by atoms with van der Waals surface area (Å²) in [6, 6.07) is 7.57. The summed E-state index contributed by atoms with van der Waals surface area (Å²) in [5.41, 5.74) is 0.920. The number of benzene rings is 1. The summed E-state index contributed by atoms with van der Waals surface area (Å²) in [6.07, 6.45) is 3.49. The van der Waals surface area contributed by atoms with E-state index in [4.69, 9.17) is 4.74 Å². The molecule has 1 heterocycles. The first-order valence-corrected chi connectivity index (χ1v) is 7.48. The molecule has 0 aromatic heterocycles. The monoisotopic (exact) mass is 270 g/mol. The molecule has 20 heavy (non-hydrogen) atoms. The number of hydrogen-bond acceptors (Lipinski definition) is 3. The summed E-state index contributed by atoms with van der Waals surface area (Å²) in [7, 11) is 0. The molecule has 0 saturated heterocycles. The second-order valence-electron chi connectivity index (χ2n) is 6.59. The molecule has 1 spiro atoms. The van der Waals surface area contributed by atoms with Gasteiger partial charge in [0.05, 0.1) is 11.5 Å². The number of fused-ring (bicyclic) bond motifs is 5. The van der Waals surface area contributed by atoms with Gasteiger partial charge in [-0.05, 0) is 37.7 Å². The highest BCUT2D eigenvalue weighted by Crippen LogP contribution is 2.55. The molecule has 3 heteroatoms. The van der Waals surface area contributed by atoms with Gasteiger partial charge in [-0.3, -0.25) is 4.79 Å². The van der Waals surface area contributed by atoms with Crippen LogP contribution in [0.15, 0.2) is 24.3 Å². The molecule has 2 aliphatic carbocycles. The fourth-order valence-corrected chi connectivity index (χ4v) is 4.49. The predicted octanol–water partition coefficient (Wildman–Crippen LogP) is 3.08. The van der Waals surface area contributed by atoms with Crippen molar-refractivity contribution in [1.82, 2.24) is 0 Å². The SMILES string of the molecule is CC1CC2CCC3(OC(=O)c4ccccc43)C(C1)C2=O. The van der Waals surface area contributed by atoms with Crippen molar-refractivity contribution < 1.29 is 14.3 Å². The lowest BCUT2D eigenvalue weighted by Gasteiger charge is -2.47. The lowest BCUT2D eigenvalue weighted by molar-refractivity contribution is -0.152. The number of ether oxygens (including phenoxy) is 1. The van der Waals surface area contributed by atoms with Crippen molar-refractivity contribution in [3.63, 3.8) is 0 Å². The van der Waals surface area contributed by atoms with Crippen LogP contribution in [-0.2, 0) is 15.1 Å². The Morgan fingerprint density at radius 2 is 2.00 bits per heavy atom. The van der Waals surface area contributed by atoms with Crippen LogP contribution in [0.1, 0.15) is 48.5 Å².